The van der Waals surface area contributed by atoms with Gasteiger partial charge in [-0.3, -0.25) is 4.79 Å². The summed E-state index contributed by atoms with van der Waals surface area (Å²) in [5.74, 6) is -0.370. The molecule has 0 unspecified atom stereocenters. The van der Waals surface area contributed by atoms with Crippen molar-refractivity contribution in [3.63, 3.8) is 0 Å². The van der Waals surface area contributed by atoms with E-state index in [9.17, 15) is 13.2 Å². The first kappa shape index (κ1) is 16.7. The van der Waals surface area contributed by atoms with E-state index in [4.69, 9.17) is 9.88 Å². The summed E-state index contributed by atoms with van der Waals surface area (Å²) in [6.45, 7) is 5.09. The highest BCUT2D eigenvalue weighted by molar-refractivity contribution is 7.89. The first-order valence-electron chi connectivity index (χ1n) is 6.14. The van der Waals surface area contributed by atoms with Gasteiger partial charge >= 0.3 is 0 Å². The molecule has 0 radical (unpaired) electrons. The Hall–Kier alpha value is -1.38. The number of methoxy groups -OCH3 is 1. The van der Waals surface area contributed by atoms with E-state index in [0.717, 1.165) is 6.42 Å². The number of hydrogen-bond acceptors (Lipinski definition) is 4. The normalized spacial score (nSPS) is 12.4. The van der Waals surface area contributed by atoms with Gasteiger partial charge in [0, 0.05) is 26.5 Å². The number of ether oxygens (including phenoxy) is 1. The topological polar surface area (TPSA) is 114 Å². The Morgan fingerprint density at radius 1 is 1.50 bits per heavy atom. The summed E-state index contributed by atoms with van der Waals surface area (Å²) in [4.78, 5) is 14.4. The smallest absolute Gasteiger partial charge is 0.267 e. The number of nitrogens with one attached hydrogen (secondary N) is 2. The highest BCUT2D eigenvalue weighted by Gasteiger charge is 2.20. The van der Waals surface area contributed by atoms with Crippen molar-refractivity contribution in [2.24, 2.45) is 10.6 Å². The van der Waals surface area contributed by atoms with Crippen LogP contribution in [0, 0.1) is 5.41 Å². The fraction of sp³-hybridized carbons (Fsp3) is 0.583. The van der Waals surface area contributed by atoms with Gasteiger partial charge in [0.05, 0.1) is 4.90 Å². The van der Waals surface area contributed by atoms with Crippen molar-refractivity contribution in [2.75, 3.05) is 20.3 Å². The second kappa shape index (κ2) is 6.38. The molecule has 1 rings (SSSR count). The van der Waals surface area contributed by atoms with Crippen LogP contribution < -0.4 is 10.5 Å². The molecule has 0 saturated carbocycles. The lowest BCUT2D eigenvalue weighted by Crippen LogP contribution is -2.34. The average molecular weight is 303 g/mol. The second-order valence-corrected chi connectivity index (χ2v) is 6.95. The lowest BCUT2D eigenvalue weighted by molar-refractivity contribution is 0.0916. The van der Waals surface area contributed by atoms with E-state index in [1.54, 1.807) is 7.11 Å². The van der Waals surface area contributed by atoms with Gasteiger partial charge in [-0.2, -0.15) is 0 Å². The van der Waals surface area contributed by atoms with Crippen LogP contribution in [0.4, 0.5) is 0 Å². The molecule has 0 spiro atoms. The zero-order valence-corrected chi connectivity index (χ0v) is 12.7. The quantitative estimate of drug-likeness (QED) is 0.678. The molecule has 1 aromatic heterocycles. The summed E-state index contributed by atoms with van der Waals surface area (Å²) >= 11 is 0. The first-order chi connectivity index (χ1) is 9.15. The van der Waals surface area contributed by atoms with Crippen molar-refractivity contribution in [1.82, 2.24) is 10.3 Å². The van der Waals surface area contributed by atoms with Gasteiger partial charge in [0.1, 0.15) is 5.69 Å². The second-order valence-electron chi connectivity index (χ2n) is 5.38. The number of H-pyrrole nitrogens is 1. The number of nitrogens with two attached hydrogens (primary N) is 1. The summed E-state index contributed by atoms with van der Waals surface area (Å²) in [6, 6.07) is 1.22. The third kappa shape index (κ3) is 4.95. The third-order valence-corrected chi connectivity index (χ3v) is 3.83. The summed E-state index contributed by atoms with van der Waals surface area (Å²) in [7, 11) is -2.17. The molecule has 4 N–H and O–H groups in total. The number of primary sulfonamides is 1. The fourth-order valence-electron chi connectivity index (χ4n) is 1.55. The minimum atomic E-state index is -3.80. The van der Waals surface area contributed by atoms with Crippen molar-refractivity contribution in [1.29, 1.82) is 0 Å². The first-order valence-corrected chi connectivity index (χ1v) is 7.69. The Labute approximate surface area is 118 Å². The van der Waals surface area contributed by atoms with Crippen LogP contribution in [0.5, 0.6) is 0 Å². The van der Waals surface area contributed by atoms with Crippen LogP contribution in [0.2, 0.25) is 0 Å². The molecular weight excluding hydrogens is 282 g/mol. The van der Waals surface area contributed by atoms with Crippen molar-refractivity contribution < 1.29 is 17.9 Å². The minimum Gasteiger partial charge on any atom is -0.385 e. The van der Waals surface area contributed by atoms with E-state index in [1.165, 1.54) is 12.3 Å². The Morgan fingerprint density at radius 3 is 2.65 bits per heavy atom. The highest BCUT2D eigenvalue weighted by Crippen LogP contribution is 2.19. The van der Waals surface area contributed by atoms with E-state index >= 15 is 0 Å². The maximum Gasteiger partial charge on any atom is 0.267 e. The number of carbonyl (C=O) groups is 1. The fourth-order valence-corrected chi connectivity index (χ4v) is 2.06. The molecule has 0 aliphatic carbocycles. The molecule has 0 aromatic carbocycles. The van der Waals surface area contributed by atoms with Crippen LogP contribution >= 0.6 is 0 Å². The number of aromatic amines is 1. The molecule has 1 heterocycles. The Balaban J connectivity index is 2.62. The zero-order valence-electron chi connectivity index (χ0n) is 11.9. The minimum absolute atomic E-state index is 0.110. The van der Waals surface area contributed by atoms with Crippen LogP contribution in [0.3, 0.4) is 0 Å². The summed E-state index contributed by atoms with van der Waals surface area (Å²) in [6.07, 6.45) is 2.00. The lowest BCUT2D eigenvalue weighted by Gasteiger charge is -2.24. The third-order valence-electron chi connectivity index (χ3n) is 2.94. The number of rotatable bonds is 7. The number of aromatic nitrogens is 1. The lowest BCUT2D eigenvalue weighted by atomic mass is 9.90. The van der Waals surface area contributed by atoms with Gasteiger partial charge in [0.25, 0.3) is 5.91 Å². The van der Waals surface area contributed by atoms with Crippen LogP contribution in [0.15, 0.2) is 17.2 Å². The molecule has 114 valence electrons. The summed E-state index contributed by atoms with van der Waals surface area (Å²) in [5, 5.41) is 7.73. The van der Waals surface area contributed by atoms with Crippen molar-refractivity contribution >= 4 is 15.9 Å². The van der Waals surface area contributed by atoms with Crippen molar-refractivity contribution in [3.8, 4) is 0 Å². The van der Waals surface area contributed by atoms with Gasteiger partial charge < -0.3 is 15.0 Å². The number of amides is 1. The van der Waals surface area contributed by atoms with Crippen LogP contribution in [0.25, 0.3) is 0 Å². The van der Waals surface area contributed by atoms with E-state index in [2.05, 4.69) is 10.3 Å². The maximum absolute atomic E-state index is 11.9. The summed E-state index contributed by atoms with van der Waals surface area (Å²) in [5.41, 5.74) is 0.0534. The van der Waals surface area contributed by atoms with Crippen LogP contribution in [-0.2, 0) is 14.8 Å². The summed E-state index contributed by atoms with van der Waals surface area (Å²) < 4.78 is 27.2. The van der Waals surface area contributed by atoms with E-state index < -0.39 is 10.0 Å². The average Bonchev–Trinajstić information content (AvgIpc) is 2.83. The van der Waals surface area contributed by atoms with E-state index in [0.29, 0.717) is 13.2 Å². The van der Waals surface area contributed by atoms with Gasteiger partial charge in [0.15, 0.2) is 0 Å². The largest absolute Gasteiger partial charge is 0.385 e. The van der Waals surface area contributed by atoms with E-state index in [1.807, 2.05) is 13.8 Å². The Kier molecular flexibility index (Phi) is 5.32. The molecule has 0 atom stereocenters. The van der Waals surface area contributed by atoms with Crippen LogP contribution in [-0.4, -0.2) is 39.6 Å². The molecular formula is C12H21N3O4S. The van der Waals surface area contributed by atoms with Gasteiger partial charge in [-0.15, -0.1) is 0 Å². The van der Waals surface area contributed by atoms with Gasteiger partial charge in [0.2, 0.25) is 10.0 Å². The highest BCUT2D eigenvalue weighted by atomic mass is 32.2. The molecule has 0 fully saturated rings. The molecule has 8 heteroatoms. The van der Waals surface area contributed by atoms with Gasteiger partial charge in [-0.1, -0.05) is 13.8 Å². The Bertz CT molecular complexity index is 563. The molecule has 20 heavy (non-hydrogen) atoms. The number of carbonyl (C=O) groups excluding carboxylic acids is 1. The molecule has 0 aliphatic heterocycles. The molecule has 0 saturated heterocycles. The molecule has 7 nitrogen and oxygen atoms in total. The van der Waals surface area contributed by atoms with Gasteiger partial charge in [-0.25, -0.2) is 13.6 Å². The SMILES string of the molecule is COCCC(C)(C)CNC(=O)c1cc(S(N)(=O)=O)c[nH]1. The monoisotopic (exact) mass is 303 g/mol. The number of sulfonamides is 1. The van der Waals surface area contributed by atoms with E-state index in [-0.39, 0.29) is 21.9 Å². The van der Waals surface area contributed by atoms with Crippen LogP contribution in [0.1, 0.15) is 30.8 Å². The molecule has 1 amide bonds. The molecule has 1 aromatic rings. The number of hydrogen-bond donors (Lipinski definition) is 3. The predicted octanol–water partition coefficient (Wildman–Crippen LogP) is 0.455. The zero-order chi connectivity index (χ0) is 15.4. The maximum atomic E-state index is 11.9. The van der Waals surface area contributed by atoms with Crippen molar-refractivity contribution in [3.05, 3.63) is 18.0 Å². The molecule has 0 aliphatic rings. The standard InChI is InChI=1S/C12H21N3O4S/c1-12(2,4-5-19-3)8-15-11(16)10-6-9(7-14-10)20(13,17)18/h6-7,14H,4-5,8H2,1-3H3,(H,15,16)(H2,13,17,18). The molecule has 0 bridgehead atoms. The predicted molar refractivity (Wildman–Crippen MR) is 74.8 cm³/mol. The van der Waals surface area contributed by atoms with Crippen molar-refractivity contribution in [2.45, 2.75) is 25.2 Å². The Morgan fingerprint density at radius 2 is 2.15 bits per heavy atom. The van der Waals surface area contributed by atoms with Gasteiger partial charge in [-0.05, 0) is 17.9 Å².